The van der Waals surface area contributed by atoms with Crippen molar-refractivity contribution in [3.63, 3.8) is 0 Å². The van der Waals surface area contributed by atoms with Gasteiger partial charge in [-0.15, -0.1) is 11.3 Å². The van der Waals surface area contributed by atoms with Crippen molar-refractivity contribution in [2.75, 3.05) is 0 Å². The second-order valence-electron chi connectivity index (χ2n) is 3.18. The minimum atomic E-state index is 0.185. The van der Waals surface area contributed by atoms with Crippen LogP contribution < -0.4 is 4.74 Å². The van der Waals surface area contributed by atoms with E-state index in [0.717, 1.165) is 23.1 Å². The van der Waals surface area contributed by atoms with Gasteiger partial charge in [-0.25, -0.2) is 4.98 Å². The maximum Gasteiger partial charge on any atom is 0.244 e. The van der Waals surface area contributed by atoms with Crippen LogP contribution >= 0.6 is 22.7 Å². The van der Waals surface area contributed by atoms with Crippen molar-refractivity contribution in [1.29, 1.82) is 0 Å². The Morgan fingerprint density at radius 2 is 2.31 bits per heavy atom. The van der Waals surface area contributed by atoms with Gasteiger partial charge in [-0.1, -0.05) is 11.3 Å². The molecule has 4 heteroatoms. The lowest BCUT2D eigenvalue weighted by Crippen LogP contribution is -1.95. The first-order valence-corrected chi connectivity index (χ1v) is 5.94. The summed E-state index contributed by atoms with van der Waals surface area (Å²) in [6.07, 6.45) is 3.42. The Balaban J connectivity index is 2.53. The summed E-state index contributed by atoms with van der Waals surface area (Å²) in [6.45, 7) is 0. The third-order valence-electron chi connectivity index (χ3n) is 2.44. The molecule has 2 aromatic rings. The molecule has 0 aromatic carbocycles. The fourth-order valence-electron chi connectivity index (χ4n) is 1.87. The molecule has 2 heterocycles. The summed E-state index contributed by atoms with van der Waals surface area (Å²) in [7, 11) is 0. The van der Waals surface area contributed by atoms with Gasteiger partial charge in [-0.05, 0) is 24.8 Å². The topological polar surface area (TPSA) is 30.0 Å². The molecule has 1 aliphatic carbocycles. The Hall–Kier alpha value is -0.740. The van der Waals surface area contributed by atoms with Crippen LogP contribution in [0.3, 0.4) is 0 Å². The molecular formula is C9H7NOS2. The monoisotopic (exact) mass is 209 g/mol. The molecule has 3 rings (SSSR count). The maximum atomic E-state index is 11.6. The van der Waals surface area contributed by atoms with Gasteiger partial charge in [0.25, 0.3) is 0 Å². The molecule has 1 aliphatic rings. The Morgan fingerprint density at radius 3 is 3.23 bits per heavy atom. The van der Waals surface area contributed by atoms with E-state index in [1.165, 1.54) is 28.2 Å². The minimum absolute atomic E-state index is 0.185. The van der Waals surface area contributed by atoms with Gasteiger partial charge in [0.05, 0.1) is 10.9 Å². The zero-order chi connectivity index (χ0) is 8.84. The Kier molecular flexibility index (Phi) is 1.54. The molecule has 0 radical (unpaired) electrons. The fraction of sp³-hybridized carbons (Fsp3) is 0.333. The molecule has 2 nitrogen and oxygen atoms in total. The average Bonchev–Trinajstić information content (AvgIpc) is 2.62. The predicted molar refractivity (Wildman–Crippen MR) is 55.8 cm³/mol. The molecule has 0 unspecified atom stereocenters. The van der Waals surface area contributed by atoms with E-state index in [4.69, 9.17) is 0 Å². The number of hydrogen-bond donors (Lipinski definition) is 0. The van der Waals surface area contributed by atoms with Crippen molar-refractivity contribution in [3.8, 4) is 0 Å². The number of nitrogens with zero attached hydrogens (tertiary/aromatic N) is 1. The van der Waals surface area contributed by atoms with Crippen LogP contribution in [0.25, 0.3) is 10.2 Å². The molecule has 0 aliphatic heterocycles. The molecule has 66 valence electrons. The molecule has 0 atom stereocenters. The zero-order valence-electron chi connectivity index (χ0n) is 6.87. The van der Waals surface area contributed by atoms with Crippen LogP contribution in [0.1, 0.15) is 16.9 Å². The molecule has 0 bridgehead atoms. The fourth-order valence-corrected chi connectivity index (χ4v) is 3.83. The van der Waals surface area contributed by atoms with E-state index in [0.29, 0.717) is 0 Å². The van der Waals surface area contributed by atoms with Crippen LogP contribution in [-0.2, 0) is 12.8 Å². The second kappa shape index (κ2) is 2.62. The zero-order valence-corrected chi connectivity index (χ0v) is 8.50. The van der Waals surface area contributed by atoms with Gasteiger partial charge in [0.15, 0.2) is 0 Å². The van der Waals surface area contributed by atoms with Crippen LogP contribution in [0.5, 0.6) is 0 Å². The van der Waals surface area contributed by atoms with E-state index in [1.807, 2.05) is 0 Å². The quantitative estimate of drug-likeness (QED) is 0.666. The Morgan fingerprint density at radius 1 is 1.38 bits per heavy atom. The molecule has 0 spiro atoms. The number of aromatic nitrogens is 1. The van der Waals surface area contributed by atoms with Crippen LogP contribution in [0.4, 0.5) is 0 Å². The normalized spacial score (nSPS) is 15.1. The van der Waals surface area contributed by atoms with Gasteiger partial charge < -0.3 is 0 Å². The first kappa shape index (κ1) is 7.64. The number of thiophene rings is 1. The molecule has 0 fully saturated rings. The van der Waals surface area contributed by atoms with E-state index >= 15 is 0 Å². The molecule has 2 aromatic heterocycles. The molecular weight excluding hydrogens is 202 g/mol. The lowest BCUT2D eigenvalue weighted by molar-refractivity contribution is 0.917. The lowest BCUT2D eigenvalue weighted by Gasteiger charge is -1.88. The van der Waals surface area contributed by atoms with Gasteiger partial charge in [0, 0.05) is 4.88 Å². The Labute approximate surface area is 82.9 Å². The number of rotatable bonds is 0. The van der Waals surface area contributed by atoms with Gasteiger partial charge >= 0.3 is 0 Å². The highest BCUT2D eigenvalue weighted by Crippen LogP contribution is 2.34. The minimum Gasteiger partial charge on any atom is -0.277 e. The number of fused-ring (bicyclic) bond motifs is 3. The van der Waals surface area contributed by atoms with Crippen LogP contribution in [0.2, 0.25) is 0 Å². The number of aryl methyl sites for hydroxylation is 2. The molecule has 0 saturated heterocycles. The first-order valence-electron chi connectivity index (χ1n) is 4.24. The van der Waals surface area contributed by atoms with Crippen LogP contribution in [0.15, 0.2) is 10.3 Å². The van der Waals surface area contributed by atoms with Gasteiger partial charge in [-0.3, -0.25) is 4.79 Å². The van der Waals surface area contributed by atoms with E-state index in [9.17, 15) is 4.79 Å². The third kappa shape index (κ3) is 0.988. The summed E-state index contributed by atoms with van der Waals surface area (Å²) in [4.78, 5) is 18.2. The summed E-state index contributed by atoms with van der Waals surface area (Å²) in [5.41, 5.74) is 2.94. The van der Waals surface area contributed by atoms with Crippen molar-refractivity contribution in [2.24, 2.45) is 0 Å². The Bertz CT molecular complexity index is 526. The third-order valence-corrected chi connectivity index (χ3v) is 4.27. The molecule has 13 heavy (non-hydrogen) atoms. The summed E-state index contributed by atoms with van der Waals surface area (Å²) in [5, 5.41) is 0.907. The summed E-state index contributed by atoms with van der Waals surface area (Å²) in [5.74, 6) is 0. The molecule has 0 N–H and O–H groups in total. The van der Waals surface area contributed by atoms with E-state index in [-0.39, 0.29) is 4.74 Å². The summed E-state index contributed by atoms with van der Waals surface area (Å²) < 4.78 is 0.185. The van der Waals surface area contributed by atoms with Gasteiger partial charge in [0.2, 0.25) is 4.74 Å². The smallest absolute Gasteiger partial charge is 0.244 e. The van der Waals surface area contributed by atoms with Crippen molar-refractivity contribution < 1.29 is 0 Å². The van der Waals surface area contributed by atoms with Crippen LogP contribution in [0, 0.1) is 0 Å². The maximum absolute atomic E-state index is 11.6. The average molecular weight is 209 g/mol. The van der Waals surface area contributed by atoms with E-state index in [2.05, 4.69) is 4.98 Å². The van der Waals surface area contributed by atoms with Crippen LogP contribution in [-0.4, -0.2) is 4.98 Å². The largest absolute Gasteiger partial charge is 0.277 e. The standard InChI is InChI=1S/C9H7NOS2/c11-9-7-5-2-1-3-6(5)13-8(7)10-4-12-9/h4H,1-3H2. The van der Waals surface area contributed by atoms with Crippen molar-refractivity contribution in [3.05, 3.63) is 25.5 Å². The van der Waals surface area contributed by atoms with Crippen molar-refractivity contribution >= 4 is 32.9 Å². The first-order chi connectivity index (χ1) is 6.36. The van der Waals surface area contributed by atoms with Crippen molar-refractivity contribution in [2.45, 2.75) is 19.3 Å². The highest BCUT2D eigenvalue weighted by atomic mass is 32.1. The molecule has 0 amide bonds. The summed E-state index contributed by atoms with van der Waals surface area (Å²) >= 11 is 2.90. The highest BCUT2D eigenvalue weighted by Gasteiger charge is 2.19. The van der Waals surface area contributed by atoms with Gasteiger partial charge in [0.1, 0.15) is 4.83 Å². The predicted octanol–water partition coefficient (Wildman–Crippen LogP) is 2.21. The summed E-state index contributed by atoms with van der Waals surface area (Å²) in [6, 6.07) is 0. The lowest BCUT2D eigenvalue weighted by atomic mass is 10.2. The van der Waals surface area contributed by atoms with E-state index < -0.39 is 0 Å². The van der Waals surface area contributed by atoms with Gasteiger partial charge in [-0.2, -0.15) is 0 Å². The van der Waals surface area contributed by atoms with E-state index in [1.54, 1.807) is 16.8 Å². The van der Waals surface area contributed by atoms with Crippen molar-refractivity contribution in [1.82, 2.24) is 4.98 Å². The number of hydrogen-bond acceptors (Lipinski definition) is 4. The highest BCUT2D eigenvalue weighted by molar-refractivity contribution is 7.19. The molecule has 0 saturated carbocycles. The second-order valence-corrected chi connectivity index (χ2v) is 5.08. The SMILES string of the molecule is O=c1scnc2sc3c(c12)CCC3.